The Morgan fingerprint density at radius 3 is 2.03 bits per heavy atom. The van der Waals surface area contributed by atoms with Crippen LogP contribution >= 0.6 is 11.3 Å². The SMILES string of the molecule is COC(=O)C1=C(C)N=c2s/c(=C\c3ccc(OC(C)=O)cc3)c(=O)n2[C@H]1c1ccc(OC(C)=O)cc1. The average molecular weight is 507 g/mol. The van der Waals surface area contributed by atoms with Gasteiger partial charge in [0, 0.05) is 13.8 Å². The molecule has 36 heavy (non-hydrogen) atoms. The van der Waals surface area contributed by atoms with Crippen molar-refractivity contribution >= 4 is 35.3 Å². The van der Waals surface area contributed by atoms with Gasteiger partial charge in [-0.05, 0) is 48.4 Å². The molecular formula is C26H22N2O7S. The fraction of sp³-hybridized carbons (Fsp3) is 0.192. The summed E-state index contributed by atoms with van der Waals surface area (Å²) in [6.07, 6.45) is 1.71. The van der Waals surface area contributed by atoms with Gasteiger partial charge in [-0.3, -0.25) is 19.0 Å². The molecule has 1 aliphatic heterocycles. The maximum Gasteiger partial charge on any atom is 0.338 e. The summed E-state index contributed by atoms with van der Waals surface area (Å²) in [4.78, 5) is 53.7. The second-order valence-electron chi connectivity index (χ2n) is 7.90. The summed E-state index contributed by atoms with van der Waals surface area (Å²) >= 11 is 1.19. The highest BCUT2D eigenvalue weighted by Gasteiger charge is 2.33. The summed E-state index contributed by atoms with van der Waals surface area (Å²) in [6.45, 7) is 4.31. The van der Waals surface area contributed by atoms with Crippen molar-refractivity contribution < 1.29 is 28.6 Å². The zero-order valence-corrected chi connectivity index (χ0v) is 20.8. The van der Waals surface area contributed by atoms with Crippen LogP contribution in [0.25, 0.3) is 6.08 Å². The molecule has 0 unspecified atom stereocenters. The van der Waals surface area contributed by atoms with Crippen molar-refractivity contribution in [3.05, 3.63) is 90.6 Å². The molecule has 0 radical (unpaired) electrons. The van der Waals surface area contributed by atoms with Crippen LogP contribution in [0, 0.1) is 0 Å². The first-order chi connectivity index (χ1) is 17.2. The molecule has 0 bridgehead atoms. The average Bonchev–Trinajstić information content (AvgIpc) is 3.13. The van der Waals surface area contributed by atoms with E-state index in [-0.39, 0.29) is 11.1 Å². The Balaban J connectivity index is 1.83. The molecule has 1 aliphatic rings. The number of carbonyl (C=O) groups excluding carboxylic acids is 3. The van der Waals surface area contributed by atoms with E-state index >= 15 is 0 Å². The maximum atomic E-state index is 13.6. The van der Waals surface area contributed by atoms with Crippen LogP contribution in [0.15, 0.2) is 69.6 Å². The highest BCUT2D eigenvalue weighted by molar-refractivity contribution is 7.07. The van der Waals surface area contributed by atoms with E-state index in [1.165, 1.54) is 36.9 Å². The monoisotopic (exact) mass is 506 g/mol. The first-order valence-electron chi connectivity index (χ1n) is 10.9. The second kappa shape index (κ2) is 10.1. The van der Waals surface area contributed by atoms with Crippen molar-refractivity contribution in [2.75, 3.05) is 7.11 Å². The topological polar surface area (TPSA) is 113 Å². The van der Waals surface area contributed by atoms with E-state index in [1.54, 1.807) is 61.5 Å². The zero-order valence-electron chi connectivity index (χ0n) is 19.9. The fourth-order valence-corrected chi connectivity index (χ4v) is 4.89. The molecule has 0 spiro atoms. The van der Waals surface area contributed by atoms with Crippen molar-refractivity contribution in [3.8, 4) is 11.5 Å². The van der Waals surface area contributed by atoms with E-state index in [0.29, 0.717) is 32.1 Å². The van der Waals surface area contributed by atoms with Crippen LogP contribution in [0.1, 0.15) is 37.9 Å². The third-order valence-corrected chi connectivity index (χ3v) is 6.31. The predicted molar refractivity (Wildman–Crippen MR) is 131 cm³/mol. The quantitative estimate of drug-likeness (QED) is 0.385. The Labute approximate surface area is 209 Å². The molecule has 0 saturated heterocycles. The highest BCUT2D eigenvalue weighted by atomic mass is 32.1. The summed E-state index contributed by atoms with van der Waals surface area (Å²) in [5.74, 6) is -0.732. The van der Waals surface area contributed by atoms with Crippen LogP contribution in [0.5, 0.6) is 11.5 Å². The largest absolute Gasteiger partial charge is 0.466 e. The minimum Gasteiger partial charge on any atom is -0.466 e. The molecule has 2 heterocycles. The van der Waals surface area contributed by atoms with E-state index < -0.39 is 23.9 Å². The second-order valence-corrected chi connectivity index (χ2v) is 8.91. The number of thiazole rings is 1. The number of ether oxygens (including phenoxy) is 3. The number of carbonyl (C=O) groups is 3. The molecule has 9 nitrogen and oxygen atoms in total. The van der Waals surface area contributed by atoms with Gasteiger partial charge in [0.1, 0.15) is 11.5 Å². The lowest BCUT2D eigenvalue weighted by Crippen LogP contribution is -2.39. The number of methoxy groups -OCH3 is 1. The smallest absolute Gasteiger partial charge is 0.338 e. The first-order valence-corrected chi connectivity index (χ1v) is 11.7. The number of hydrogen-bond acceptors (Lipinski definition) is 9. The van der Waals surface area contributed by atoms with E-state index in [0.717, 1.165) is 5.56 Å². The minimum atomic E-state index is -0.784. The Kier molecular flexibility index (Phi) is 6.98. The molecule has 4 rings (SSSR count). The van der Waals surface area contributed by atoms with E-state index in [2.05, 4.69) is 4.99 Å². The van der Waals surface area contributed by atoms with Gasteiger partial charge in [-0.25, -0.2) is 9.79 Å². The van der Waals surface area contributed by atoms with Crippen LogP contribution in [0.2, 0.25) is 0 Å². The normalized spacial score (nSPS) is 15.1. The third kappa shape index (κ3) is 5.03. The van der Waals surface area contributed by atoms with Crippen molar-refractivity contribution in [1.82, 2.24) is 4.57 Å². The Hall–Kier alpha value is -4.31. The van der Waals surface area contributed by atoms with Gasteiger partial charge in [0.2, 0.25) is 0 Å². The number of rotatable bonds is 5. The molecule has 2 aromatic carbocycles. The molecule has 0 N–H and O–H groups in total. The van der Waals surface area contributed by atoms with Crippen LogP contribution < -0.4 is 24.4 Å². The minimum absolute atomic E-state index is 0.238. The van der Waals surface area contributed by atoms with Gasteiger partial charge >= 0.3 is 17.9 Å². The number of fused-ring (bicyclic) bond motifs is 1. The van der Waals surface area contributed by atoms with Gasteiger partial charge in [0.15, 0.2) is 4.80 Å². The molecule has 0 amide bonds. The van der Waals surface area contributed by atoms with Crippen molar-refractivity contribution in [3.63, 3.8) is 0 Å². The molecule has 0 aliphatic carbocycles. The summed E-state index contributed by atoms with van der Waals surface area (Å²) in [6, 6.07) is 12.5. The van der Waals surface area contributed by atoms with Gasteiger partial charge in [-0.1, -0.05) is 35.6 Å². The highest BCUT2D eigenvalue weighted by Crippen LogP contribution is 2.31. The zero-order chi connectivity index (χ0) is 26.0. The molecule has 184 valence electrons. The van der Waals surface area contributed by atoms with Gasteiger partial charge in [-0.2, -0.15) is 0 Å². The number of aromatic nitrogens is 1. The number of benzene rings is 2. The lowest BCUT2D eigenvalue weighted by Gasteiger charge is -2.24. The summed E-state index contributed by atoms with van der Waals surface area (Å²) in [7, 11) is 1.27. The van der Waals surface area contributed by atoms with Gasteiger partial charge in [0.05, 0.1) is 29.0 Å². The molecule has 0 fully saturated rings. The van der Waals surface area contributed by atoms with Crippen LogP contribution in [0.4, 0.5) is 0 Å². The Morgan fingerprint density at radius 2 is 1.50 bits per heavy atom. The summed E-state index contributed by atoms with van der Waals surface area (Å²) < 4.78 is 17.0. The van der Waals surface area contributed by atoms with Crippen LogP contribution in [-0.2, 0) is 19.1 Å². The standard InChI is InChI=1S/C26H22N2O7S/c1-14-22(25(32)33-4)23(18-7-11-20(12-8-18)35-16(3)30)28-24(31)21(36-26(28)27-14)13-17-5-9-19(10-6-17)34-15(2)29/h5-13,23H,1-4H3/b21-13-/t23-/m0/s1. The Morgan fingerprint density at radius 1 is 0.944 bits per heavy atom. The molecule has 0 saturated carbocycles. The van der Waals surface area contributed by atoms with E-state index in [1.807, 2.05) is 0 Å². The van der Waals surface area contributed by atoms with Crippen LogP contribution in [0.3, 0.4) is 0 Å². The summed E-state index contributed by atoms with van der Waals surface area (Å²) in [5.41, 5.74) is 1.70. The van der Waals surface area contributed by atoms with E-state index in [4.69, 9.17) is 14.2 Å². The molecule has 10 heteroatoms. The number of esters is 3. The molecular weight excluding hydrogens is 484 g/mol. The number of hydrogen-bond donors (Lipinski definition) is 0. The van der Waals surface area contributed by atoms with Crippen molar-refractivity contribution in [1.29, 1.82) is 0 Å². The van der Waals surface area contributed by atoms with Gasteiger partial charge in [-0.15, -0.1) is 0 Å². The van der Waals surface area contributed by atoms with Gasteiger partial charge < -0.3 is 14.2 Å². The molecule has 1 aromatic heterocycles. The first kappa shape index (κ1) is 24.8. The lowest BCUT2D eigenvalue weighted by molar-refractivity contribution is -0.136. The third-order valence-electron chi connectivity index (χ3n) is 5.32. The van der Waals surface area contributed by atoms with Crippen molar-refractivity contribution in [2.45, 2.75) is 26.8 Å². The fourth-order valence-electron chi connectivity index (χ4n) is 3.84. The van der Waals surface area contributed by atoms with E-state index in [9.17, 15) is 19.2 Å². The molecule has 1 atom stereocenters. The molecule has 3 aromatic rings. The predicted octanol–water partition coefficient (Wildman–Crippen LogP) is 2.26. The number of nitrogens with zero attached hydrogens (tertiary/aromatic N) is 2. The number of allylic oxidation sites excluding steroid dienone is 1. The van der Waals surface area contributed by atoms with Crippen LogP contribution in [-0.4, -0.2) is 29.6 Å². The maximum absolute atomic E-state index is 13.6. The Bertz CT molecular complexity index is 1560. The van der Waals surface area contributed by atoms with Crippen molar-refractivity contribution in [2.24, 2.45) is 4.99 Å². The van der Waals surface area contributed by atoms with Gasteiger partial charge in [0.25, 0.3) is 5.56 Å². The summed E-state index contributed by atoms with van der Waals surface area (Å²) in [5, 5.41) is 0. The lowest BCUT2D eigenvalue weighted by atomic mass is 9.96.